The van der Waals surface area contributed by atoms with E-state index < -0.39 is 5.60 Å². The van der Waals surface area contributed by atoms with Crippen LogP contribution in [0, 0.1) is 11.8 Å². The number of aliphatic hydroxyl groups is 2. The van der Waals surface area contributed by atoms with Gasteiger partial charge in [0.15, 0.2) is 0 Å². The first-order chi connectivity index (χ1) is 7.22. The highest BCUT2D eigenvalue weighted by molar-refractivity contribution is 7.81. The molecule has 0 aromatic carbocycles. The highest BCUT2D eigenvalue weighted by Gasteiger charge is 2.13. The first-order valence-corrected chi connectivity index (χ1v) is 5.97. The van der Waals surface area contributed by atoms with Crippen LogP contribution >= 0.6 is 12.6 Å². The largest absolute Gasteiger partial charge is 0.393 e. The second-order valence-corrected chi connectivity index (χ2v) is 5.31. The Morgan fingerprint density at radius 3 is 2.31 bits per heavy atom. The van der Waals surface area contributed by atoms with Gasteiger partial charge in [-0.25, -0.2) is 0 Å². The molecule has 0 aromatic heterocycles. The van der Waals surface area contributed by atoms with Gasteiger partial charge in [0.1, 0.15) is 11.7 Å². The smallest absolute Gasteiger partial charge is 0.129 e. The van der Waals surface area contributed by atoms with Crippen LogP contribution in [0.1, 0.15) is 34.1 Å². The monoisotopic (exact) mass is 246 g/mol. The summed E-state index contributed by atoms with van der Waals surface area (Å²) in [6, 6.07) is 0. The Labute approximate surface area is 104 Å². The topological polar surface area (TPSA) is 49.7 Å². The summed E-state index contributed by atoms with van der Waals surface area (Å²) in [6.07, 6.45) is -0.132. The zero-order valence-corrected chi connectivity index (χ0v) is 11.3. The first kappa shape index (κ1) is 15.8. The van der Waals surface area contributed by atoms with Gasteiger partial charge in [0.2, 0.25) is 0 Å². The number of hydrogen-bond donors (Lipinski definition) is 3. The van der Waals surface area contributed by atoms with Crippen LogP contribution in [-0.4, -0.2) is 39.9 Å². The molecule has 0 heterocycles. The molecule has 4 heteroatoms. The van der Waals surface area contributed by atoms with Crippen molar-refractivity contribution in [1.82, 2.24) is 0 Å². The minimum atomic E-state index is -1.02. The van der Waals surface area contributed by atoms with Crippen molar-refractivity contribution in [3.63, 3.8) is 0 Å². The molecule has 16 heavy (non-hydrogen) atoms. The quantitative estimate of drug-likeness (QED) is 0.505. The molecule has 0 unspecified atom stereocenters. The van der Waals surface area contributed by atoms with Crippen molar-refractivity contribution in [2.75, 3.05) is 6.61 Å². The van der Waals surface area contributed by atoms with Gasteiger partial charge in [-0.15, -0.1) is 0 Å². The minimum absolute atomic E-state index is 0.0381. The van der Waals surface area contributed by atoms with Crippen molar-refractivity contribution in [2.24, 2.45) is 0 Å². The Morgan fingerprint density at radius 2 is 1.94 bits per heavy atom. The number of aliphatic hydroxyl groups excluding tert-OH is 1. The van der Waals surface area contributed by atoms with Crippen molar-refractivity contribution in [3.05, 3.63) is 0 Å². The standard InChI is InChI=1S/C12H22O3S/c1-9(13)6-8-15-11(10(2)16)5-7-12(3,4)14/h9-11,13-14,16H,6,8H2,1-4H3/t9-,10+,11-/m0/s1. The molecular formula is C12H22O3S. The fourth-order valence-electron chi connectivity index (χ4n) is 0.915. The molecule has 0 aliphatic heterocycles. The Kier molecular flexibility index (Phi) is 7.09. The Bertz CT molecular complexity index is 245. The average molecular weight is 246 g/mol. The Balaban J connectivity index is 4.22. The van der Waals surface area contributed by atoms with Crippen LogP contribution in [0.25, 0.3) is 0 Å². The third kappa shape index (κ3) is 9.05. The maximum absolute atomic E-state index is 9.47. The summed E-state index contributed by atoms with van der Waals surface area (Å²) in [4.78, 5) is 0. The van der Waals surface area contributed by atoms with E-state index in [1.54, 1.807) is 20.8 Å². The summed E-state index contributed by atoms with van der Waals surface area (Å²) in [5.74, 6) is 5.56. The molecule has 0 bridgehead atoms. The first-order valence-electron chi connectivity index (χ1n) is 5.45. The molecule has 0 aliphatic rings. The van der Waals surface area contributed by atoms with E-state index in [4.69, 9.17) is 9.84 Å². The minimum Gasteiger partial charge on any atom is -0.393 e. The van der Waals surface area contributed by atoms with Gasteiger partial charge in [-0.05, 0) is 27.2 Å². The van der Waals surface area contributed by atoms with Crippen LogP contribution in [0.3, 0.4) is 0 Å². The predicted molar refractivity (Wildman–Crippen MR) is 68.6 cm³/mol. The summed E-state index contributed by atoms with van der Waals surface area (Å²) in [5, 5.41) is 18.5. The van der Waals surface area contributed by atoms with E-state index in [1.165, 1.54) is 0 Å². The van der Waals surface area contributed by atoms with Crippen molar-refractivity contribution >= 4 is 12.6 Å². The van der Waals surface area contributed by atoms with Gasteiger partial charge in [0.05, 0.1) is 12.7 Å². The van der Waals surface area contributed by atoms with Gasteiger partial charge in [0.25, 0.3) is 0 Å². The maximum Gasteiger partial charge on any atom is 0.129 e. The lowest BCUT2D eigenvalue weighted by Crippen LogP contribution is -2.24. The van der Waals surface area contributed by atoms with Crippen LogP contribution in [-0.2, 0) is 4.74 Å². The summed E-state index contributed by atoms with van der Waals surface area (Å²) < 4.78 is 5.49. The van der Waals surface area contributed by atoms with Gasteiger partial charge in [0, 0.05) is 5.25 Å². The fraction of sp³-hybridized carbons (Fsp3) is 0.833. The van der Waals surface area contributed by atoms with Gasteiger partial charge < -0.3 is 14.9 Å². The van der Waals surface area contributed by atoms with E-state index in [2.05, 4.69) is 24.5 Å². The normalized spacial score (nSPS) is 17.2. The van der Waals surface area contributed by atoms with Crippen molar-refractivity contribution in [2.45, 2.75) is 57.2 Å². The molecule has 0 spiro atoms. The predicted octanol–water partition coefficient (Wildman–Crippen LogP) is 1.24. The third-order valence-electron chi connectivity index (χ3n) is 1.79. The molecule has 0 fully saturated rings. The molecule has 3 nitrogen and oxygen atoms in total. The van der Waals surface area contributed by atoms with Crippen LogP contribution < -0.4 is 0 Å². The molecule has 0 radical (unpaired) electrons. The van der Waals surface area contributed by atoms with Crippen LogP contribution in [0.15, 0.2) is 0 Å². The van der Waals surface area contributed by atoms with Crippen molar-refractivity contribution < 1.29 is 14.9 Å². The third-order valence-corrected chi connectivity index (χ3v) is 2.06. The van der Waals surface area contributed by atoms with E-state index in [1.807, 2.05) is 6.92 Å². The molecule has 0 aliphatic carbocycles. The molecule has 2 N–H and O–H groups in total. The van der Waals surface area contributed by atoms with E-state index in [0.29, 0.717) is 13.0 Å². The Hall–Kier alpha value is -0.210. The molecule has 0 saturated heterocycles. The van der Waals surface area contributed by atoms with Gasteiger partial charge in [-0.2, -0.15) is 12.6 Å². The second kappa shape index (κ2) is 7.18. The summed E-state index contributed by atoms with van der Waals surface area (Å²) in [6.45, 7) is 7.28. The van der Waals surface area contributed by atoms with Gasteiger partial charge in [-0.3, -0.25) is 0 Å². The van der Waals surface area contributed by atoms with Crippen LogP contribution in [0.5, 0.6) is 0 Å². The molecule has 0 rings (SSSR count). The molecule has 0 saturated carbocycles. The van der Waals surface area contributed by atoms with Crippen LogP contribution in [0.4, 0.5) is 0 Å². The molecular weight excluding hydrogens is 224 g/mol. The highest BCUT2D eigenvalue weighted by Crippen LogP contribution is 2.07. The van der Waals surface area contributed by atoms with Crippen molar-refractivity contribution in [1.29, 1.82) is 0 Å². The van der Waals surface area contributed by atoms with E-state index in [9.17, 15) is 5.11 Å². The van der Waals surface area contributed by atoms with E-state index >= 15 is 0 Å². The molecule has 94 valence electrons. The fourth-order valence-corrected chi connectivity index (χ4v) is 1.08. The van der Waals surface area contributed by atoms with Crippen LogP contribution in [0.2, 0.25) is 0 Å². The number of hydrogen-bond acceptors (Lipinski definition) is 4. The average Bonchev–Trinajstić information content (AvgIpc) is 2.07. The number of thiol groups is 1. The van der Waals surface area contributed by atoms with E-state index in [-0.39, 0.29) is 17.5 Å². The van der Waals surface area contributed by atoms with Gasteiger partial charge >= 0.3 is 0 Å². The number of rotatable bonds is 5. The number of ether oxygens (including phenoxy) is 1. The molecule has 0 aromatic rings. The lowest BCUT2D eigenvalue weighted by atomic mass is 10.1. The van der Waals surface area contributed by atoms with Crippen molar-refractivity contribution in [3.8, 4) is 11.8 Å². The molecule has 3 atom stereocenters. The maximum atomic E-state index is 9.47. The summed E-state index contributed by atoms with van der Waals surface area (Å²) in [5.41, 5.74) is -1.02. The molecule has 0 amide bonds. The zero-order valence-electron chi connectivity index (χ0n) is 10.4. The van der Waals surface area contributed by atoms with Gasteiger partial charge in [-0.1, -0.05) is 18.8 Å². The lowest BCUT2D eigenvalue weighted by Gasteiger charge is -2.17. The SMILES string of the molecule is C[C@H](O)CCO[C@@H](C#CC(C)(C)O)[C@@H](C)S. The summed E-state index contributed by atoms with van der Waals surface area (Å²) in [7, 11) is 0. The highest BCUT2D eigenvalue weighted by atomic mass is 32.1. The Morgan fingerprint density at radius 1 is 1.38 bits per heavy atom. The lowest BCUT2D eigenvalue weighted by molar-refractivity contribution is 0.0610. The zero-order chi connectivity index (χ0) is 12.8. The van der Waals surface area contributed by atoms with E-state index in [0.717, 1.165) is 0 Å². The summed E-state index contributed by atoms with van der Waals surface area (Å²) >= 11 is 4.28. The second-order valence-electron chi connectivity index (χ2n) is 4.50.